The fourth-order valence-corrected chi connectivity index (χ4v) is 4.21. The van der Waals surface area contributed by atoms with Crippen LogP contribution in [0.15, 0.2) is 30.3 Å². The molecule has 0 aromatic heterocycles. The first-order chi connectivity index (χ1) is 16.2. The van der Waals surface area contributed by atoms with Crippen LogP contribution in [-0.4, -0.2) is 71.6 Å². The van der Waals surface area contributed by atoms with Crippen molar-refractivity contribution in [1.29, 1.82) is 0 Å². The molecule has 1 aromatic rings. The molecule has 1 fully saturated rings. The molecule has 1 aliphatic heterocycles. The van der Waals surface area contributed by atoms with E-state index in [2.05, 4.69) is 19.2 Å². The van der Waals surface area contributed by atoms with Crippen LogP contribution in [0.5, 0.6) is 0 Å². The van der Waals surface area contributed by atoms with Gasteiger partial charge >= 0.3 is 0 Å². The van der Waals surface area contributed by atoms with Crippen molar-refractivity contribution in [2.75, 3.05) is 31.1 Å². The molecule has 1 heterocycles. The molecule has 0 spiro atoms. The maximum Gasteiger partial charge on any atom is 0.241 e. The zero-order chi connectivity index (χ0) is 26.6. The standard InChI is InChI=1S/C26H43N5O4/c1-17(2)19(23(34)29-15-25(3,4)24(28)35)12-21(32)20(27)13-30-14-22(33)31(16-26(30,5)6)18-10-8-7-9-11-18/h7-11,17,19-21,32H,12-16,27H2,1-6H3,(H2,28,35)(H,29,34)/t19-,20-,21-/m0/s1. The fraction of sp³-hybridized carbons (Fsp3) is 0.654. The summed E-state index contributed by atoms with van der Waals surface area (Å²) in [5.41, 5.74) is 11.4. The number of nitrogens with zero attached hydrogens (tertiary/aromatic N) is 2. The molecule has 3 atom stereocenters. The average Bonchev–Trinajstić information content (AvgIpc) is 2.78. The Morgan fingerprint density at radius 1 is 1.20 bits per heavy atom. The lowest BCUT2D eigenvalue weighted by Crippen LogP contribution is -2.64. The maximum atomic E-state index is 12.9. The summed E-state index contributed by atoms with van der Waals surface area (Å²) in [5, 5.41) is 13.7. The molecule has 0 radical (unpaired) electrons. The van der Waals surface area contributed by atoms with Gasteiger partial charge in [0.2, 0.25) is 17.7 Å². The van der Waals surface area contributed by atoms with Gasteiger partial charge in [0, 0.05) is 42.8 Å². The summed E-state index contributed by atoms with van der Waals surface area (Å²) in [7, 11) is 0. The lowest BCUT2D eigenvalue weighted by atomic mass is 9.86. The molecular weight excluding hydrogens is 446 g/mol. The summed E-state index contributed by atoms with van der Waals surface area (Å²) < 4.78 is 0. The normalized spacial score (nSPS) is 19.3. The number of nitrogens with two attached hydrogens (primary N) is 2. The largest absolute Gasteiger partial charge is 0.391 e. The second-order valence-corrected chi connectivity index (χ2v) is 11.3. The number of rotatable bonds is 11. The van der Waals surface area contributed by atoms with Crippen LogP contribution < -0.4 is 21.7 Å². The van der Waals surface area contributed by atoms with Crippen LogP contribution >= 0.6 is 0 Å². The van der Waals surface area contributed by atoms with Gasteiger partial charge in [-0.1, -0.05) is 32.0 Å². The Kier molecular flexibility index (Phi) is 9.44. The van der Waals surface area contributed by atoms with Gasteiger partial charge in [0.1, 0.15) is 0 Å². The van der Waals surface area contributed by atoms with Crippen molar-refractivity contribution in [3.8, 4) is 0 Å². The molecule has 0 aliphatic carbocycles. The van der Waals surface area contributed by atoms with E-state index in [1.54, 1.807) is 18.7 Å². The SMILES string of the molecule is CC(C)[C@H](C[C@H](O)[C@@H](N)CN1CC(=O)N(c2ccccc2)CC1(C)C)C(=O)NCC(C)(C)C(N)=O. The van der Waals surface area contributed by atoms with E-state index in [1.807, 2.05) is 49.1 Å². The monoisotopic (exact) mass is 489 g/mol. The quantitative estimate of drug-likeness (QED) is 0.367. The minimum absolute atomic E-state index is 0.0197. The third-order valence-electron chi connectivity index (χ3n) is 7.03. The van der Waals surface area contributed by atoms with Gasteiger partial charge in [0.15, 0.2) is 0 Å². The minimum Gasteiger partial charge on any atom is -0.391 e. The number of benzene rings is 1. The highest BCUT2D eigenvalue weighted by molar-refractivity contribution is 5.95. The second kappa shape index (κ2) is 11.5. The number of piperazine rings is 1. The Balaban J connectivity index is 2.00. The van der Waals surface area contributed by atoms with Crippen LogP contribution in [0.1, 0.15) is 48.0 Å². The lowest BCUT2D eigenvalue weighted by molar-refractivity contribution is -0.130. The number of anilines is 1. The minimum atomic E-state index is -0.935. The summed E-state index contributed by atoms with van der Waals surface area (Å²) in [6.07, 6.45) is -0.754. The van der Waals surface area contributed by atoms with Crippen molar-refractivity contribution in [3.63, 3.8) is 0 Å². The fourth-order valence-electron chi connectivity index (χ4n) is 4.21. The molecular formula is C26H43N5O4. The first-order valence-corrected chi connectivity index (χ1v) is 12.3. The molecule has 196 valence electrons. The number of aliphatic hydroxyl groups is 1. The summed E-state index contributed by atoms with van der Waals surface area (Å²) in [6.45, 7) is 12.4. The van der Waals surface area contributed by atoms with Crippen LogP contribution in [0, 0.1) is 17.3 Å². The third kappa shape index (κ3) is 7.49. The van der Waals surface area contributed by atoms with Gasteiger partial charge in [0.25, 0.3) is 0 Å². The number of hydrogen-bond acceptors (Lipinski definition) is 6. The van der Waals surface area contributed by atoms with E-state index >= 15 is 0 Å². The first kappa shape index (κ1) is 28.7. The van der Waals surface area contributed by atoms with Crippen molar-refractivity contribution in [2.45, 2.75) is 65.6 Å². The Morgan fingerprint density at radius 3 is 2.34 bits per heavy atom. The van der Waals surface area contributed by atoms with Crippen molar-refractivity contribution in [1.82, 2.24) is 10.2 Å². The van der Waals surface area contributed by atoms with E-state index in [0.29, 0.717) is 13.1 Å². The van der Waals surface area contributed by atoms with Crippen LogP contribution in [0.4, 0.5) is 5.69 Å². The molecule has 9 nitrogen and oxygen atoms in total. The van der Waals surface area contributed by atoms with Crippen molar-refractivity contribution in [2.24, 2.45) is 28.7 Å². The van der Waals surface area contributed by atoms with E-state index in [1.165, 1.54) is 0 Å². The van der Waals surface area contributed by atoms with Gasteiger partial charge in [-0.25, -0.2) is 0 Å². The van der Waals surface area contributed by atoms with E-state index in [9.17, 15) is 19.5 Å². The van der Waals surface area contributed by atoms with Crippen LogP contribution in [-0.2, 0) is 14.4 Å². The highest BCUT2D eigenvalue weighted by Crippen LogP contribution is 2.27. The van der Waals surface area contributed by atoms with Gasteiger partial charge in [-0.15, -0.1) is 0 Å². The highest BCUT2D eigenvalue weighted by atomic mass is 16.3. The second-order valence-electron chi connectivity index (χ2n) is 11.3. The Hall–Kier alpha value is -2.49. The molecule has 0 bridgehead atoms. The molecule has 1 aliphatic rings. The summed E-state index contributed by atoms with van der Waals surface area (Å²) in [4.78, 5) is 41.1. The maximum absolute atomic E-state index is 12.9. The van der Waals surface area contributed by atoms with Gasteiger partial charge in [0.05, 0.1) is 18.1 Å². The molecule has 0 unspecified atom stereocenters. The zero-order valence-corrected chi connectivity index (χ0v) is 22.0. The Labute approximate surface area is 209 Å². The molecule has 1 saturated heterocycles. The van der Waals surface area contributed by atoms with Crippen LogP contribution in [0.2, 0.25) is 0 Å². The van der Waals surface area contributed by atoms with Crippen molar-refractivity contribution in [3.05, 3.63) is 30.3 Å². The Bertz CT molecular complexity index is 887. The first-order valence-electron chi connectivity index (χ1n) is 12.3. The van der Waals surface area contributed by atoms with E-state index in [-0.39, 0.29) is 42.8 Å². The summed E-state index contributed by atoms with van der Waals surface area (Å²) >= 11 is 0. The number of carbonyl (C=O) groups is 3. The molecule has 35 heavy (non-hydrogen) atoms. The average molecular weight is 490 g/mol. The number of aliphatic hydroxyl groups excluding tert-OH is 1. The van der Waals surface area contributed by atoms with Gasteiger partial charge < -0.3 is 26.8 Å². The van der Waals surface area contributed by atoms with E-state index < -0.39 is 29.4 Å². The van der Waals surface area contributed by atoms with Gasteiger partial charge in [-0.2, -0.15) is 0 Å². The summed E-state index contributed by atoms with van der Waals surface area (Å²) in [6, 6.07) is 8.93. The number of carbonyl (C=O) groups excluding carboxylic acids is 3. The number of amides is 3. The highest BCUT2D eigenvalue weighted by Gasteiger charge is 2.40. The van der Waals surface area contributed by atoms with Crippen LogP contribution in [0.25, 0.3) is 0 Å². The van der Waals surface area contributed by atoms with Gasteiger partial charge in [-0.3, -0.25) is 19.3 Å². The molecule has 1 aromatic carbocycles. The molecule has 3 amide bonds. The number of primary amides is 1. The molecule has 9 heteroatoms. The third-order valence-corrected chi connectivity index (χ3v) is 7.03. The predicted octanol–water partition coefficient (Wildman–Crippen LogP) is 1.09. The predicted molar refractivity (Wildman–Crippen MR) is 137 cm³/mol. The number of para-hydroxylation sites is 1. The smallest absolute Gasteiger partial charge is 0.241 e. The van der Waals surface area contributed by atoms with E-state index in [0.717, 1.165) is 5.69 Å². The van der Waals surface area contributed by atoms with Crippen molar-refractivity contribution < 1.29 is 19.5 Å². The van der Waals surface area contributed by atoms with Gasteiger partial charge in [-0.05, 0) is 52.2 Å². The van der Waals surface area contributed by atoms with Crippen molar-refractivity contribution >= 4 is 23.4 Å². The molecule has 2 rings (SSSR count). The number of nitrogens with one attached hydrogen (secondary N) is 1. The topological polar surface area (TPSA) is 142 Å². The number of hydrogen-bond donors (Lipinski definition) is 4. The molecule has 6 N–H and O–H groups in total. The van der Waals surface area contributed by atoms with Crippen LogP contribution in [0.3, 0.4) is 0 Å². The summed E-state index contributed by atoms with van der Waals surface area (Å²) in [5.74, 6) is -1.28. The Morgan fingerprint density at radius 2 is 1.80 bits per heavy atom. The van der Waals surface area contributed by atoms with E-state index in [4.69, 9.17) is 11.5 Å². The zero-order valence-electron chi connectivity index (χ0n) is 22.0. The molecule has 0 saturated carbocycles. The lowest BCUT2D eigenvalue weighted by Gasteiger charge is -2.47.